The third kappa shape index (κ3) is 2.58. The summed E-state index contributed by atoms with van der Waals surface area (Å²) >= 11 is 0. The van der Waals surface area contributed by atoms with Crippen molar-refractivity contribution in [2.24, 2.45) is 0 Å². The Balaban J connectivity index is 2.14. The van der Waals surface area contributed by atoms with Crippen LogP contribution in [0.3, 0.4) is 0 Å². The van der Waals surface area contributed by atoms with Crippen LogP contribution in [0.25, 0.3) is 0 Å². The van der Waals surface area contributed by atoms with E-state index in [9.17, 15) is 0 Å². The van der Waals surface area contributed by atoms with Crippen LogP contribution in [0.1, 0.15) is 6.92 Å². The highest BCUT2D eigenvalue weighted by molar-refractivity contribution is 8.22. The summed E-state index contributed by atoms with van der Waals surface area (Å²) in [6, 6.07) is 0. The van der Waals surface area contributed by atoms with Crippen LogP contribution in [0, 0.1) is 6.42 Å². The van der Waals surface area contributed by atoms with E-state index in [4.69, 9.17) is 5.11 Å². The number of aliphatic hydroxyl groups is 1. The molecule has 0 spiro atoms. The van der Waals surface area contributed by atoms with Crippen LogP contribution >= 0.6 is 10.9 Å². The van der Waals surface area contributed by atoms with Gasteiger partial charge in [-0.3, -0.25) is 0 Å². The lowest BCUT2D eigenvalue weighted by Gasteiger charge is -2.09. The van der Waals surface area contributed by atoms with E-state index in [1.165, 1.54) is 0 Å². The summed E-state index contributed by atoms with van der Waals surface area (Å²) in [7, 11) is -0.0543. The Kier molecular flexibility index (Phi) is 3.03. The van der Waals surface area contributed by atoms with Gasteiger partial charge in [-0.05, 0) is 29.9 Å². The minimum Gasteiger partial charge on any atom is -0.393 e. The van der Waals surface area contributed by atoms with E-state index < -0.39 is 0 Å². The Morgan fingerprint density at radius 1 is 1.50 bits per heavy atom. The van der Waals surface area contributed by atoms with Gasteiger partial charge in [-0.15, -0.1) is 0 Å². The maximum Gasteiger partial charge on any atom is 0.0551 e. The van der Waals surface area contributed by atoms with Gasteiger partial charge in [0.15, 0.2) is 0 Å². The van der Waals surface area contributed by atoms with E-state index in [-0.39, 0.29) is 17.0 Å². The zero-order valence-electron chi connectivity index (χ0n) is 6.07. The molecule has 0 saturated carbocycles. The highest BCUT2D eigenvalue weighted by Gasteiger charge is 2.01. The second kappa shape index (κ2) is 3.84. The van der Waals surface area contributed by atoms with Crippen molar-refractivity contribution in [2.45, 2.75) is 13.0 Å². The lowest BCUT2D eigenvalue weighted by atomic mass is 10.3. The van der Waals surface area contributed by atoms with Crippen LogP contribution in [0.2, 0.25) is 0 Å². The Labute approximate surface area is 64.8 Å². The summed E-state index contributed by atoms with van der Waals surface area (Å²) in [5, 5.41) is 13.3. The molecule has 1 atom stereocenters. The van der Waals surface area contributed by atoms with Crippen molar-refractivity contribution in [1.29, 1.82) is 0 Å². The average Bonchev–Trinajstić information content (AvgIpc) is 2.34. The predicted molar refractivity (Wildman–Crippen MR) is 48.1 cm³/mol. The largest absolute Gasteiger partial charge is 0.393 e. The highest BCUT2D eigenvalue weighted by atomic mass is 32.2. The van der Waals surface area contributed by atoms with Gasteiger partial charge in [0.05, 0.1) is 6.10 Å². The van der Waals surface area contributed by atoms with E-state index in [1.807, 2.05) is 6.42 Å². The van der Waals surface area contributed by atoms with Crippen LogP contribution in [-0.2, 0) is 0 Å². The molecule has 1 rings (SSSR count). The number of allylic oxidation sites excluding steroid dienone is 2. The van der Waals surface area contributed by atoms with E-state index in [2.05, 4.69) is 23.0 Å². The van der Waals surface area contributed by atoms with Gasteiger partial charge in [0.2, 0.25) is 0 Å². The first-order chi connectivity index (χ1) is 4.79. The number of aliphatic hydroxyl groups excluding tert-OH is 1. The lowest BCUT2D eigenvalue weighted by molar-refractivity contribution is 0.229. The molecule has 0 saturated heterocycles. The summed E-state index contributed by atoms with van der Waals surface area (Å²) in [5.41, 5.74) is 0. The monoisotopic (exact) mass is 157 g/mol. The molecular weight excluding hydrogens is 144 g/mol. The van der Waals surface area contributed by atoms with Gasteiger partial charge in [0.1, 0.15) is 0 Å². The third-order valence-electron chi connectivity index (χ3n) is 1.32. The van der Waals surface area contributed by atoms with Crippen molar-refractivity contribution < 1.29 is 5.11 Å². The number of hydrogen-bond acceptors (Lipinski definition) is 1. The van der Waals surface area contributed by atoms with Gasteiger partial charge in [0, 0.05) is 0 Å². The number of rotatable bonds is 3. The lowest BCUT2D eigenvalue weighted by Crippen LogP contribution is -2.02. The smallest absolute Gasteiger partial charge is 0.0551 e. The maximum absolute atomic E-state index is 8.92. The van der Waals surface area contributed by atoms with Crippen LogP contribution in [-0.4, -0.2) is 17.0 Å². The van der Waals surface area contributed by atoms with Crippen molar-refractivity contribution in [2.75, 3.05) is 5.75 Å². The fourth-order valence-electron chi connectivity index (χ4n) is 0.766. The Bertz CT molecular complexity index is 137. The van der Waals surface area contributed by atoms with Gasteiger partial charge < -0.3 is 5.11 Å². The van der Waals surface area contributed by atoms with Crippen LogP contribution in [0.15, 0.2) is 23.0 Å². The topological polar surface area (TPSA) is 20.2 Å². The van der Waals surface area contributed by atoms with E-state index in [0.717, 1.165) is 5.75 Å². The van der Waals surface area contributed by atoms with Crippen molar-refractivity contribution in [3.63, 3.8) is 0 Å². The summed E-state index contributed by atoms with van der Waals surface area (Å²) in [6.07, 6.45) is 5.83. The second-order valence-electron chi connectivity index (χ2n) is 2.36. The molecule has 1 heterocycles. The fraction of sp³-hybridized carbons (Fsp3) is 0.375. The molecular formula is C8H13OS. The minimum absolute atomic E-state index is 0.0543. The van der Waals surface area contributed by atoms with Gasteiger partial charge >= 0.3 is 0 Å². The first-order valence-corrected chi connectivity index (χ1v) is 5.08. The van der Waals surface area contributed by atoms with Crippen LogP contribution < -0.4 is 0 Å². The standard InChI is InChI=1S/C8H13OS/c1-8(9)4-7-10-5-2-3-6-10/h2-6,8-10H,7H2,1H3/t8-/m0/s1. The SMILES string of the molecule is C[C@H](O)[CH]C[SH]1C=CC=C1. The van der Waals surface area contributed by atoms with Gasteiger partial charge in [0.25, 0.3) is 0 Å². The van der Waals surface area contributed by atoms with Gasteiger partial charge in [-0.25, -0.2) is 10.9 Å². The molecule has 1 nitrogen and oxygen atoms in total. The van der Waals surface area contributed by atoms with Crippen molar-refractivity contribution in [3.05, 3.63) is 29.4 Å². The highest BCUT2D eigenvalue weighted by Crippen LogP contribution is 2.33. The van der Waals surface area contributed by atoms with Crippen molar-refractivity contribution in [1.82, 2.24) is 0 Å². The molecule has 0 aromatic heterocycles. The molecule has 0 amide bonds. The maximum atomic E-state index is 8.92. The van der Waals surface area contributed by atoms with Gasteiger partial charge in [-0.1, -0.05) is 12.2 Å². The molecule has 10 heavy (non-hydrogen) atoms. The molecule has 0 aromatic rings. The van der Waals surface area contributed by atoms with E-state index in [0.29, 0.717) is 0 Å². The van der Waals surface area contributed by atoms with Crippen LogP contribution in [0.4, 0.5) is 0 Å². The summed E-state index contributed by atoms with van der Waals surface area (Å²) in [4.78, 5) is 0. The van der Waals surface area contributed by atoms with Crippen LogP contribution in [0.5, 0.6) is 0 Å². The van der Waals surface area contributed by atoms with E-state index in [1.54, 1.807) is 6.92 Å². The predicted octanol–water partition coefficient (Wildman–Crippen LogP) is 1.61. The molecule has 0 aromatic carbocycles. The second-order valence-corrected chi connectivity index (χ2v) is 4.35. The molecule has 1 aliphatic heterocycles. The number of hydrogen-bond donors (Lipinski definition) is 2. The third-order valence-corrected chi connectivity index (χ3v) is 3.07. The zero-order valence-corrected chi connectivity index (χ0v) is 6.96. The first kappa shape index (κ1) is 7.89. The molecule has 1 radical (unpaired) electrons. The van der Waals surface area contributed by atoms with Crippen molar-refractivity contribution in [3.8, 4) is 0 Å². The quantitative estimate of drug-likeness (QED) is 0.596. The summed E-state index contributed by atoms with van der Waals surface area (Å²) < 4.78 is 0. The average molecular weight is 157 g/mol. The Morgan fingerprint density at radius 3 is 2.60 bits per heavy atom. The Morgan fingerprint density at radius 2 is 2.10 bits per heavy atom. The molecule has 0 unspecified atom stereocenters. The summed E-state index contributed by atoms with van der Waals surface area (Å²) in [6.45, 7) is 1.79. The van der Waals surface area contributed by atoms with E-state index >= 15 is 0 Å². The summed E-state index contributed by atoms with van der Waals surface area (Å²) in [5.74, 6) is 1.01. The Hall–Kier alpha value is -0.210. The zero-order chi connectivity index (χ0) is 7.40. The molecule has 1 aliphatic rings. The van der Waals surface area contributed by atoms with Gasteiger partial charge in [-0.2, -0.15) is 0 Å². The molecule has 0 fully saturated rings. The molecule has 2 heteroatoms. The molecule has 1 N–H and O–H groups in total. The fourth-order valence-corrected chi connectivity index (χ4v) is 2.30. The normalized spacial score (nSPS) is 22.0. The number of thiol groups is 1. The first-order valence-electron chi connectivity index (χ1n) is 3.41. The van der Waals surface area contributed by atoms with Crippen molar-refractivity contribution >= 4 is 10.9 Å². The molecule has 0 bridgehead atoms. The minimum atomic E-state index is -0.259. The molecule has 57 valence electrons. The molecule has 0 aliphatic carbocycles.